The van der Waals surface area contributed by atoms with Crippen molar-refractivity contribution in [2.75, 3.05) is 13.2 Å². The van der Waals surface area contributed by atoms with Gasteiger partial charge >= 0.3 is 17.9 Å². The van der Waals surface area contributed by atoms with Crippen LogP contribution in [0.4, 0.5) is 0 Å². The molecule has 0 amide bonds. The van der Waals surface area contributed by atoms with Gasteiger partial charge in [0.1, 0.15) is 13.2 Å². The number of carbonyl (C=O) groups excluding carboxylic acids is 3. The highest BCUT2D eigenvalue weighted by atomic mass is 16.6. The van der Waals surface area contributed by atoms with Gasteiger partial charge in [-0.2, -0.15) is 0 Å². The minimum absolute atomic E-state index is 0.0674. The number of ether oxygens (including phenoxy) is 3. The number of rotatable bonds is 65. The molecule has 0 aliphatic heterocycles. The Hall–Kier alpha value is -3.15. The van der Waals surface area contributed by atoms with Gasteiger partial charge in [0.15, 0.2) is 6.10 Å². The topological polar surface area (TPSA) is 78.9 Å². The van der Waals surface area contributed by atoms with Crippen molar-refractivity contribution in [2.24, 2.45) is 0 Å². The average molecular weight is 1130 g/mol. The molecule has 6 heteroatoms. The highest BCUT2D eigenvalue weighted by molar-refractivity contribution is 5.71. The average Bonchev–Trinajstić information content (AvgIpc) is 3.47. The van der Waals surface area contributed by atoms with E-state index in [-0.39, 0.29) is 31.1 Å². The SMILES string of the molecule is CC/C=C\C/C=C\C/C=C\C/C=C\C/C=C\C/C=C\CCCCCCCCCCCCCCCCCCC(=O)OCC(COC(=O)CCCCCCCCCCCC)OC(=O)CCCCCCCCCCCCCCCCCCCC. The summed E-state index contributed by atoms with van der Waals surface area (Å²) < 4.78 is 16.9. The van der Waals surface area contributed by atoms with Gasteiger partial charge in [-0.3, -0.25) is 14.4 Å². The molecule has 0 aromatic heterocycles. The Morgan fingerprint density at radius 1 is 0.259 bits per heavy atom. The number of hydrogen-bond acceptors (Lipinski definition) is 6. The molecule has 0 rings (SSSR count). The summed E-state index contributed by atoms with van der Waals surface area (Å²) in [6.07, 6.45) is 90.9. The number of carbonyl (C=O) groups is 3. The number of unbranched alkanes of at least 4 members (excludes halogenated alkanes) is 42. The Morgan fingerprint density at radius 2 is 0.481 bits per heavy atom. The van der Waals surface area contributed by atoms with Crippen LogP contribution in [0.5, 0.6) is 0 Å². The van der Waals surface area contributed by atoms with E-state index < -0.39 is 6.10 Å². The van der Waals surface area contributed by atoms with Crippen LogP contribution in [0.2, 0.25) is 0 Å². The minimum atomic E-state index is -0.769. The van der Waals surface area contributed by atoms with Crippen LogP contribution in [-0.4, -0.2) is 37.2 Å². The van der Waals surface area contributed by atoms with Crippen molar-refractivity contribution in [3.8, 4) is 0 Å². The van der Waals surface area contributed by atoms with E-state index in [1.807, 2.05) is 0 Å². The van der Waals surface area contributed by atoms with E-state index in [4.69, 9.17) is 14.2 Å². The second-order valence-corrected chi connectivity index (χ2v) is 23.8. The van der Waals surface area contributed by atoms with Gasteiger partial charge < -0.3 is 14.2 Å². The predicted octanol–water partition coefficient (Wildman–Crippen LogP) is 24.4. The quantitative estimate of drug-likeness (QED) is 0.0261. The van der Waals surface area contributed by atoms with Crippen molar-refractivity contribution in [1.29, 1.82) is 0 Å². The Labute approximate surface area is 503 Å². The molecule has 470 valence electrons. The third-order valence-electron chi connectivity index (χ3n) is 15.7. The van der Waals surface area contributed by atoms with Gasteiger partial charge in [-0.05, 0) is 70.6 Å². The van der Waals surface area contributed by atoms with E-state index in [9.17, 15) is 14.4 Å². The zero-order chi connectivity index (χ0) is 58.5. The molecule has 0 aliphatic rings. The van der Waals surface area contributed by atoms with Crippen molar-refractivity contribution in [3.05, 3.63) is 72.9 Å². The fraction of sp³-hybridized carbons (Fsp3) is 0.800. The van der Waals surface area contributed by atoms with E-state index in [0.717, 1.165) is 96.3 Å². The highest BCUT2D eigenvalue weighted by Crippen LogP contribution is 2.18. The van der Waals surface area contributed by atoms with Gasteiger partial charge in [0.05, 0.1) is 0 Å². The van der Waals surface area contributed by atoms with E-state index in [1.54, 1.807) is 0 Å². The standard InChI is InChI=1S/C75H134O6/c1-4-7-10-13-16-19-22-24-26-28-30-31-32-33-34-35-36-37-38-39-40-41-42-43-44-45-46-48-49-51-53-56-59-62-65-68-74(77)80-71-72(70-79-73(76)67-64-61-58-55-21-18-15-12-9-6-3)81-75(78)69-66-63-60-57-54-52-50-47-29-27-25-23-20-17-14-11-8-5-2/h7,10,16,19,24,26,30-31,33-34,36-37,72H,4-6,8-9,11-15,17-18,20-23,25,27-29,32,35,38-71H2,1-3H3/b10-7-,19-16-,26-24-,31-30-,34-33-,37-36-. The summed E-state index contributed by atoms with van der Waals surface area (Å²) in [5, 5.41) is 0. The normalized spacial score (nSPS) is 12.5. The summed E-state index contributed by atoms with van der Waals surface area (Å²) in [5.41, 5.74) is 0. The molecule has 0 fully saturated rings. The molecule has 0 aliphatic carbocycles. The molecule has 0 spiro atoms. The lowest BCUT2D eigenvalue weighted by atomic mass is 10.0. The molecule has 0 bridgehead atoms. The van der Waals surface area contributed by atoms with Crippen LogP contribution in [0.15, 0.2) is 72.9 Å². The first-order valence-electron chi connectivity index (χ1n) is 35.4. The van der Waals surface area contributed by atoms with E-state index in [0.29, 0.717) is 19.3 Å². The lowest BCUT2D eigenvalue weighted by Crippen LogP contribution is -2.30. The predicted molar refractivity (Wildman–Crippen MR) is 353 cm³/mol. The van der Waals surface area contributed by atoms with Crippen LogP contribution in [0.3, 0.4) is 0 Å². The van der Waals surface area contributed by atoms with Gasteiger partial charge in [0.25, 0.3) is 0 Å². The molecule has 81 heavy (non-hydrogen) atoms. The van der Waals surface area contributed by atoms with Gasteiger partial charge in [-0.1, -0.05) is 351 Å². The molecular formula is C75H134O6. The second kappa shape index (κ2) is 69.3. The zero-order valence-electron chi connectivity index (χ0n) is 54.1. The van der Waals surface area contributed by atoms with E-state index >= 15 is 0 Å². The molecular weight excluding hydrogens is 997 g/mol. The summed E-state index contributed by atoms with van der Waals surface area (Å²) in [6.45, 7) is 6.57. The number of hydrogen-bond donors (Lipinski definition) is 0. The smallest absolute Gasteiger partial charge is 0.306 e. The Bertz CT molecular complexity index is 1490. The maximum Gasteiger partial charge on any atom is 0.306 e. The van der Waals surface area contributed by atoms with Crippen molar-refractivity contribution in [3.63, 3.8) is 0 Å². The lowest BCUT2D eigenvalue weighted by molar-refractivity contribution is -0.167. The molecule has 6 nitrogen and oxygen atoms in total. The highest BCUT2D eigenvalue weighted by Gasteiger charge is 2.19. The van der Waals surface area contributed by atoms with Crippen molar-refractivity contribution < 1.29 is 28.6 Å². The van der Waals surface area contributed by atoms with E-state index in [2.05, 4.69) is 93.7 Å². The molecule has 0 heterocycles. The monoisotopic (exact) mass is 1130 g/mol. The number of esters is 3. The second-order valence-electron chi connectivity index (χ2n) is 23.8. The van der Waals surface area contributed by atoms with Crippen LogP contribution in [0.25, 0.3) is 0 Å². The maximum absolute atomic E-state index is 12.9. The van der Waals surface area contributed by atoms with E-state index in [1.165, 1.54) is 231 Å². The zero-order valence-corrected chi connectivity index (χ0v) is 54.1. The third-order valence-corrected chi connectivity index (χ3v) is 15.7. The van der Waals surface area contributed by atoms with Crippen LogP contribution in [0.1, 0.15) is 367 Å². The molecule has 0 saturated carbocycles. The molecule has 0 radical (unpaired) electrons. The summed E-state index contributed by atoms with van der Waals surface area (Å²) in [7, 11) is 0. The van der Waals surface area contributed by atoms with Crippen LogP contribution >= 0.6 is 0 Å². The Kier molecular flexibility index (Phi) is 66.6. The summed E-state index contributed by atoms with van der Waals surface area (Å²) in [6, 6.07) is 0. The first-order chi connectivity index (χ1) is 40.0. The molecule has 0 N–H and O–H groups in total. The van der Waals surface area contributed by atoms with Crippen molar-refractivity contribution in [2.45, 2.75) is 374 Å². The fourth-order valence-corrected chi connectivity index (χ4v) is 10.5. The van der Waals surface area contributed by atoms with Gasteiger partial charge in [-0.25, -0.2) is 0 Å². The third kappa shape index (κ3) is 67.5. The maximum atomic E-state index is 12.9. The Balaban J connectivity index is 4.08. The van der Waals surface area contributed by atoms with Crippen molar-refractivity contribution in [1.82, 2.24) is 0 Å². The first-order valence-corrected chi connectivity index (χ1v) is 35.4. The van der Waals surface area contributed by atoms with Gasteiger partial charge in [-0.15, -0.1) is 0 Å². The molecule has 1 unspecified atom stereocenters. The first kappa shape index (κ1) is 77.9. The largest absolute Gasteiger partial charge is 0.462 e. The Morgan fingerprint density at radius 3 is 0.753 bits per heavy atom. The van der Waals surface area contributed by atoms with Gasteiger partial charge in [0.2, 0.25) is 0 Å². The van der Waals surface area contributed by atoms with Crippen LogP contribution in [0, 0.1) is 0 Å². The lowest BCUT2D eigenvalue weighted by Gasteiger charge is -2.18. The van der Waals surface area contributed by atoms with Gasteiger partial charge in [0, 0.05) is 19.3 Å². The molecule has 1 atom stereocenters. The molecule has 0 aromatic carbocycles. The summed E-state index contributed by atoms with van der Waals surface area (Å²) in [5.74, 6) is -0.845. The fourth-order valence-electron chi connectivity index (χ4n) is 10.5. The van der Waals surface area contributed by atoms with Crippen LogP contribution < -0.4 is 0 Å². The molecule has 0 saturated heterocycles. The number of allylic oxidation sites excluding steroid dienone is 12. The molecule has 0 aromatic rings. The van der Waals surface area contributed by atoms with Crippen molar-refractivity contribution >= 4 is 17.9 Å². The minimum Gasteiger partial charge on any atom is -0.462 e. The van der Waals surface area contributed by atoms with Crippen LogP contribution in [-0.2, 0) is 28.6 Å². The summed E-state index contributed by atoms with van der Waals surface area (Å²) in [4.78, 5) is 38.3. The summed E-state index contributed by atoms with van der Waals surface area (Å²) >= 11 is 0.